The molecule has 0 radical (unpaired) electrons. The maximum Gasteiger partial charge on any atom is 0.254 e. The third-order valence-corrected chi connectivity index (χ3v) is 5.11. The quantitative estimate of drug-likeness (QED) is 0.714. The van der Waals surface area contributed by atoms with Gasteiger partial charge in [0.2, 0.25) is 0 Å². The largest absolute Gasteiger partial charge is 0.333 e. The van der Waals surface area contributed by atoms with Gasteiger partial charge in [0, 0.05) is 36.1 Å². The molecule has 0 N–H and O–H groups in total. The molecule has 3 aromatic rings. The van der Waals surface area contributed by atoms with E-state index in [1.807, 2.05) is 67.5 Å². The van der Waals surface area contributed by atoms with E-state index >= 15 is 0 Å². The highest BCUT2D eigenvalue weighted by Gasteiger charge is 2.21. The molecule has 2 heterocycles. The van der Waals surface area contributed by atoms with Gasteiger partial charge in [-0.25, -0.2) is 4.98 Å². The molecule has 0 spiro atoms. The Hall–Kier alpha value is -2.47. The van der Waals surface area contributed by atoms with Crippen LogP contribution in [0.3, 0.4) is 0 Å². The number of hydrogen-bond donors (Lipinski definition) is 0. The van der Waals surface area contributed by atoms with Crippen molar-refractivity contribution in [2.75, 3.05) is 7.05 Å². The van der Waals surface area contributed by atoms with E-state index < -0.39 is 0 Å². The minimum Gasteiger partial charge on any atom is -0.333 e. The minimum atomic E-state index is -0.0500. The van der Waals surface area contributed by atoms with Gasteiger partial charge in [-0.2, -0.15) is 5.10 Å². The number of thiazole rings is 1. The lowest BCUT2D eigenvalue weighted by atomic mass is 10.1. The standard InChI is InChI=1S/C18H20N4OS/c1-13-12-24-17(20-13)14(2)21(3)18(23)16-7-4-6-15(10-16)11-22-9-5-8-19-22/h4-10,12,14H,11H2,1-3H3/t14-/m1/s1. The van der Waals surface area contributed by atoms with Crippen LogP contribution >= 0.6 is 11.3 Å². The van der Waals surface area contributed by atoms with E-state index in [0.29, 0.717) is 12.1 Å². The summed E-state index contributed by atoms with van der Waals surface area (Å²) in [5.74, 6) is -0.00216. The van der Waals surface area contributed by atoms with E-state index in [0.717, 1.165) is 16.3 Å². The molecule has 3 rings (SSSR count). The topological polar surface area (TPSA) is 51.0 Å². The van der Waals surface area contributed by atoms with Crippen molar-refractivity contribution in [2.45, 2.75) is 26.4 Å². The minimum absolute atomic E-state index is 0.00216. The fourth-order valence-electron chi connectivity index (χ4n) is 2.49. The van der Waals surface area contributed by atoms with Crippen LogP contribution < -0.4 is 0 Å². The van der Waals surface area contributed by atoms with E-state index in [9.17, 15) is 4.79 Å². The lowest BCUT2D eigenvalue weighted by Gasteiger charge is -2.23. The molecule has 1 atom stereocenters. The average Bonchev–Trinajstić information content (AvgIpc) is 3.24. The summed E-state index contributed by atoms with van der Waals surface area (Å²) in [6.07, 6.45) is 3.66. The molecule has 0 bridgehead atoms. The molecule has 24 heavy (non-hydrogen) atoms. The summed E-state index contributed by atoms with van der Waals surface area (Å²) in [4.78, 5) is 19.0. The number of hydrogen-bond acceptors (Lipinski definition) is 4. The van der Waals surface area contributed by atoms with Crippen LogP contribution in [0.25, 0.3) is 0 Å². The molecule has 0 saturated carbocycles. The second kappa shape index (κ2) is 6.97. The van der Waals surface area contributed by atoms with E-state index in [-0.39, 0.29) is 11.9 Å². The molecule has 5 nitrogen and oxygen atoms in total. The summed E-state index contributed by atoms with van der Waals surface area (Å²) in [5.41, 5.74) is 2.72. The predicted octanol–water partition coefficient (Wildman–Crippen LogP) is 3.53. The van der Waals surface area contributed by atoms with E-state index in [4.69, 9.17) is 0 Å². The Kier molecular flexibility index (Phi) is 4.76. The number of benzene rings is 1. The number of amides is 1. The van der Waals surface area contributed by atoms with Gasteiger partial charge < -0.3 is 4.90 Å². The zero-order chi connectivity index (χ0) is 17.1. The zero-order valence-corrected chi connectivity index (χ0v) is 14.8. The number of rotatable bonds is 5. The van der Waals surface area contributed by atoms with Crippen molar-refractivity contribution < 1.29 is 4.79 Å². The van der Waals surface area contributed by atoms with E-state index in [1.54, 1.807) is 22.4 Å². The number of aryl methyl sites for hydroxylation is 1. The van der Waals surface area contributed by atoms with Crippen LogP contribution in [0.15, 0.2) is 48.1 Å². The van der Waals surface area contributed by atoms with Crippen molar-refractivity contribution in [3.05, 3.63) is 69.9 Å². The second-order valence-corrected chi connectivity index (χ2v) is 6.71. The van der Waals surface area contributed by atoms with Gasteiger partial charge in [-0.15, -0.1) is 11.3 Å². The van der Waals surface area contributed by atoms with Gasteiger partial charge >= 0.3 is 0 Å². The summed E-state index contributed by atoms with van der Waals surface area (Å²) >= 11 is 1.59. The molecule has 0 fully saturated rings. The normalized spacial score (nSPS) is 12.1. The van der Waals surface area contributed by atoms with Crippen LogP contribution in [0.4, 0.5) is 0 Å². The lowest BCUT2D eigenvalue weighted by molar-refractivity contribution is 0.0742. The monoisotopic (exact) mass is 340 g/mol. The summed E-state index contributed by atoms with van der Waals surface area (Å²) < 4.78 is 1.84. The second-order valence-electron chi connectivity index (χ2n) is 5.82. The molecular formula is C18H20N4OS. The third-order valence-electron chi connectivity index (χ3n) is 3.97. The number of aromatic nitrogens is 3. The van der Waals surface area contributed by atoms with Gasteiger partial charge in [0.05, 0.1) is 12.6 Å². The Balaban J connectivity index is 1.76. The highest BCUT2D eigenvalue weighted by molar-refractivity contribution is 7.09. The first-order valence-corrected chi connectivity index (χ1v) is 8.68. The molecule has 0 aliphatic carbocycles. The first kappa shape index (κ1) is 16.4. The molecule has 0 aliphatic rings. The maximum atomic E-state index is 12.8. The molecular weight excluding hydrogens is 320 g/mol. The van der Waals surface area contributed by atoms with Gasteiger partial charge in [-0.1, -0.05) is 12.1 Å². The fraction of sp³-hybridized carbons (Fsp3) is 0.278. The summed E-state index contributed by atoms with van der Waals surface area (Å²) in [6, 6.07) is 9.54. The van der Waals surface area contributed by atoms with Gasteiger partial charge in [0.25, 0.3) is 5.91 Å². The highest BCUT2D eigenvalue weighted by atomic mass is 32.1. The van der Waals surface area contributed by atoms with E-state index in [2.05, 4.69) is 10.1 Å². The molecule has 2 aromatic heterocycles. The predicted molar refractivity (Wildman–Crippen MR) is 95.1 cm³/mol. The van der Waals surface area contributed by atoms with Crippen molar-refractivity contribution in [3.8, 4) is 0 Å². The summed E-state index contributed by atoms with van der Waals surface area (Å²) in [7, 11) is 1.82. The van der Waals surface area contributed by atoms with Crippen LogP contribution in [0.5, 0.6) is 0 Å². The van der Waals surface area contributed by atoms with Crippen LogP contribution in [0, 0.1) is 6.92 Å². The van der Waals surface area contributed by atoms with E-state index in [1.165, 1.54) is 0 Å². The SMILES string of the molecule is Cc1csc([C@@H](C)N(C)C(=O)c2cccc(Cn3cccn3)c2)n1. The van der Waals surface area contributed by atoms with Crippen LogP contribution in [-0.2, 0) is 6.54 Å². The smallest absolute Gasteiger partial charge is 0.254 e. The van der Waals surface area contributed by atoms with Crippen LogP contribution in [-0.4, -0.2) is 32.6 Å². The van der Waals surface area contributed by atoms with Crippen molar-refractivity contribution in [3.63, 3.8) is 0 Å². The molecule has 124 valence electrons. The van der Waals surface area contributed by atoms with Crippen molar-refractivity contribution in [1.29, 1.82) is 0 Å². The first-order valence-electron chi connectivity index (χ1n) is 7.80. The molecule has 6 heteroatoms. The Bertz CT molecular complexity index is 825. The summed E-state index contributed by atoms with van der Waals surface area (Å²) in [6.45, 7) is 4.62. The van der Waals surface area contributed by atoms with Crippen LogP contribution in [0.2, 0.25) is 0 Å². The highest BCUT2D eigenvalue weighted by Crippen LogP contribution is 2.24. The summed E-state index contributed by atoms with van der Waals surface area (Å²) in [5, 5.41) is 7.17. The third kappa shape index (κ3) is 3.54. The van der Waals surface area contributed by atoms with Crippen molar-refractivity contribution in [1.82, 2.24) is 19.7 Å². The van der Waals surface area contributed by atoms with Crippen molar-refractivity contribution >= 4 is 17.2 Å². The zero-order valence-electron chi connectivity index (χ0n) is 14.0. The number of carbonyl (C=O) groups is 1. The number of nitrogens with zero attached hydrogens (tertiary/aromatic N) is 4. The Morgan fingerprint density at radius 3 is 2.88 bits per heavy atom. The molecule has 0 saturated heterocycles. The molecule has 1 aromatic carbocycles. The fourth-order valence-corrected chi connectivity index (χ4v) is 3.39. The Morgan fingerprint density at radius 2 is 2.21 bits per heavy atom. The van der Waals surface area contributed by atoms with Crippen LogP contribution in [0.1, 0.15) is 39.6 Å². The van der Waals surface area contributed by atoms with Gasteiger partial charge in [-0.05, 0) is 37.6 Å². The average molecular weight is 340 g/mol. The van der Waals surface area contributed by atoms with Gasteiger partial charge in [0.15, 0.2) is 0 Å². The maximum absolute atomic E-state index is 12.8. The lowest BCUT2D eigenvalue weighted by Crippen LogP contribution is -2.29. The van der Waals surface area contributed by atoms with Crippen molar-refractivity contribution in [2.24, 2.45) is 0 Å². The Labute approximate surface area is 145 Å². The Morgan fingerprint density at radius 1 is 1.38 bits per heavy atom. The number of carbonyl (C=O) groups excluding carboxylic acids is 1. The van der Waals surface area contributed by atoms with Gasteiger partial charge in [0.1, 0.15) is 5.01 Å². The molecule has 0 aliphatic heterocycles. The molecule has 0 unspecified atom stereocenters. The first-order chi connectivity index (χ1) is 11.5. The van der Waals surface area contributed by atoms with Gasteiger partial charge in [-0.3, -0.25) is 9.48 Å². The molecule has 1 amide bonds.